The largest absolute Gasteiger partial charge is 0.490 e. The van der Waals surface area contributed by atoms with Gasteiger partial charge < -0.3 is 14.2 Å². The third-order valence-corrected chi connectivity index (χ3v) is 3.56. The van der Waals surface area contributed by atoms with Gasteiger partial charge in [0, 0.05) is 0 Å². The summed E-state index contributed by atoms with van der Waals surface area (Å²) in [5, 5.41) is 0. The molecule has 0 aromatic heterocycles. The fourth-order valence-electron chi connectivity index (χ4n) is 1.70. The number of aryl methyl sites for hydroxylation is 1. The van der Waals surface area contributed by atoms with Gasteiger partial charge in [0.2, 0.25) is 0 Å². The third kappa shape index (κ3) is 3.82. The minimum atomic E-state index is 0.0606. The van der Waals surface area contributed by atoms with Gasteiger partial charge in [-0.15, -0.1) is 0 Å². The highest BCUT2D eigenvalue weighted by molar-refractivity contribution is 14.1. The van der Waals surface area contributed by atoms with Crippen molar-refractivity contribution in [2.45, 2.75) is 19.4 Å². The minimum absolute atomic E-state index is 0.0606. The van der Waals surface area contributed by atoms with Crippen LogP contribution in [0.25, 0.3) is 0 Å². The highest BCUT2D eigenvalue weighted by atomic mass is 127. The summed E-state index contributed by atoms with van der Waals surface area (Å²) < 4.78 is 17.8. The van der Waals surface area contributed by atoms with Crippen molar-refractivity contribution in [3.05, 3.63) is 27.3 Å². The Morgan fingerprint density at radius 1 is 1.41 bits per heavy atom. The molecule has 4 heteroatoms. The molecule has 0 saturated carbocycles. The molecule has 1 heterocycles. The molecule has 1 aliphatic heterocycles. The van der Waals surface area contributed by atoms with Crippen LogP contribution in [-0.4, -0.2) is 32.5 Å². The Balaban J connectivity index is 1.89. The molecule has 1 aliphatic rings. The van der Waals surface area contributed by atoms with Crippen LogP contribution in [0, 0.1) is 3.57 Å². The third-order valence-electron chi connectivity index (χ3n) is 2.71. The van der Waals surface area contributed by atoms with Crippen molar-refractivity contribution < 1.29 is 14.2 Å². The topological polar surface area (TPSA) is 27.7 Å². The van der Waals surface area contributed by atoms with Gasteiger partial charge in [-0.3, -0.25) is 0 Å². The zero-order valence-corrected chi connectivity index (χ0v) is 12.1. The van der Waals surface area contributed by atoms with Gasteiger partial charge in [-0.2, -0.15) is 0 Å². The molecule has 1 unspecified atom stereocenters. The molecule has 3 nitrogen and oxygen atoms in total. The van der Waals surface area contributed by atoms with Gasteiger partial charge in [0.25, 0.3) is 0 Å². The van der Waals surface area contributed by atoms with E-state index in [-0.39, 0.29) is 6.10 Å². The summed E-state index contributed by atoms with van der Waals surface area (Å²) in [7, 11) is 0. The van der Waals surface area contributed by atoms with E-state index in [9.17, 15) is 0 Å². The molecule has 1 aromatic carbocycles. The molecule has 94 valence electrons. The van der Waals surface area contributed by atoms with Crippen molar-refractivity contribution in [1.29, 1.82) is 0 Å². The maximum atomic E-state index is 5.76. The van der Waals surface area contributed by atoms with E-state index in [1.54, 1.807) is 0 Å². The van der Waals surface area contributed by atoms with Crippen LogP contribution in [0.3, 0.4) is 0 Å². The molecule has 1 aromatic rings. The number of hydrogen-bond donors (Lipinski definition) is 0. The van der Waals surface area contributed by atoms with Crippen molar-refractivity contribution in [2.24, 2.45) is 0 Å². The summed E-state index contributed by atoms with van der Waals surface area (Å²) in [5.41, 5.74) is 1.33. The van der Waals surface area contributed by atoms with E-state index in [1.165, 1.54) is 5.56 Å². The van der Waals surface area contributed by atoms with Crippen molar-refractivity contribution in [3.63, 3.8) is 0 Å². The average molecular weight is 348 g/mol. The average Bonchev–Trinajstić information content (AvgIpc) is 2.38. The first-order chi connectivity index (χ1) is 8.29. The lowest BCUT2D eigenvalue weighted by Gasteiger charge is -2.23. The first kappa shape index (κ1) is 13.1. The molecule has 2 rings (SSSR count). The minimum Gasteiger partial charge on any atom is -0.490 e. The molecule has 1 atom stereocenters. The first-order valence-electron chi connectivity index (χ1n) is 5.90. The van der Waals surface area contributed by atoms with Gasteiger partial charge in [-0.1, -0.05) is 13.0 Å². The van der Waals surface area contributed by atoms with Gasteiger partial charge >= 0.3 is 0 Å². The molecule has 0 amide bonds. The molecular weight excluding hydrogens is 331 g/mol. The maximum absolute atomic E-state index is 5.76. The first-order valence-corrected chi connectivity index (χ1v) is 6.98. The van der Waals surface area contributed by atoms with Crippen LogP contribution in [0.15, 0.2) is 18.2 Å². The molecule has 1 fully saturated rings. The van der Waals surface area contributed by atoms with E-state index in [1.807, 2.05) is 6.07 Å². The van der Waals surface area contributed by atoms with Crippen LogP contribution in [0.1, 0.15) is 12.5 Å². The number of rotatable bonds is 4. The lowest BCUT2D eigenvalue weighted by Crippen LogP contribution is -2.33. The van der Waals surface area contributed by atoms with Crippen molar-refractivity contribution in [1.82, 2.24) is 0 Å². The zero-order chi connectivity index (χ0) is 12.1. The number of ether oxygens (including phenoxy) is 3. The van der Waals surface area contributed by atoms with E-state index < -0.39 is 0 Å². The van der Waals surface area contributed by atoms with Crippen LogP contribution in [0.2, 0.25) is 0 Å². The Labute approximate surface area is 116 Å². The van der Waals surface area contributed by atoms with Crippen molar-refractivity contribution in [2.75, 3.05) is 26.4 Å². The molecule has 0 spiro atoms. The van der Waals surface area contributed by atoms with Crippen LogP contribution in [-0.2, 0) is 15.9 Å². The summed E-state index contributed by atoms with van der Waals surface area (Å²) in [5.74, 6) is 0.928. The van der Waals surface area contributed by atoms with Crippen molar-refractivity contribution >= 4 is 22.6 Å². The Kier molecular flexibility index (Phi) is 5.06. The summed E-state index contributed by atoms with van der Waals surface area (Å²) in [6.07, 6.45) is 1.11. The van der Waals surface area contributed by atoms with E-state index in [0.29, 0.717) is 26.4 Å². The number of hydrogen-bond acceptors (Lipinski definition) is 3. The lowest BCUT2D eigenvalue weighted by molar-refractivity contribution is -0.101. The Morgan fingerprint density at radius 3 is 2.94 bits per heavy atom. The lowest BCUT2D eigenvalue weighted by atomic mass is 10.2. The van der Waals surface area contributed by atoms with E-state index >= 15 is 0 Å². The summed E-state index contributed by atoms with van der Waals surface area (Å²) >= 11 is 2.31. The zero-order valence-electron chi connectivity index (χ0n) is 9.95. The van der Waals surface area contributed by atoms with E-state index in [0.717, 1.165) is 15.7 Å². The Morgan fingerprint density at radius 2 is 2.29 bits per heavy atom. The molecular formula is C13H17IO3. The molecule has 0 N–H and O–H groups in total. The normalized spacial score (nSPS) is 20.2. The predicted octanol–water partition coefficient (Wildman–Crippen LogP) is 2.65. The molecule has 1 saturated heterocycles. The van der Waals surface area contributed by atoms with Gasteiger partial charge in [-0.25, -0.2) is 0 Å². The highest BCUT2D eigenvalue weighted by Crippen LogP contribution is 2.22. The second kappa shape index (κ2) is 6.56. The SMILES string of the molecule is CCc1ccc(OCC2COCCO2)c(I)c1. The maximum Gasteiger partial charge on any atom is 0.132 e. The molecule has 17 heavy (non-hydrogen) atoms. The number of halogens is 1. The molecule has 0 aliphatic carbocycles. The molecule has 0 bridgehead atoms. The molecule has 0 radical (unpaired) electrons. The van der Waals surface area contributed by atoms with Gasteiger partial charge in [0.15, 0.2) is 0 Å². The second-order valence-electron chi connectivity index (χ2n) is 4.00. The van der Waals surface area contributed by atoms with Crippen molar-refractivity contribution in [3.8, 4) is 5.75 Å². The Bertz CT molecular complexity index is 362. The van der Waals surface area contributed by atoms with Crippen LogP contribution >= 0.6 is 22.6 Å². The fraction of sp³-hybridized carbons (Fsp3) is 0.538. The van der Waals surface area contributed by atoms with Gasteiger partial charge in [0.1, 0.15) is 18.5 Å². The monoisotopic (exact) mass is 348 g/mol. The number of benzene rings is 1. The fourth-order valence-corrected chi connectivity index (χ4v) is 2.43. The quantitative estimate of drug-likeness (QED) is 0.783. The van der Waals surface area contributed by atoms with Gasteiger partial charge in [0.05, 0.1) is 23.4 Å². The van der Waals surface area contributed by atoms with Crippen LogP contribution in [0.5, 0.6) is 5.75 Å². The van der Waals surface area contributed by atoms with E-state index in [4.69, 9.17) is 14.2 Å². The second-order valence-corrected chi connectivity index (χ2v) is 5.16. The smallest absolute Gasteiger partial charge is 0.132 e. The van der Waals surface area contributed by atoms with Crippen LogP contribution in [0.4, 0.5) is 0 Å². The standard InChI is InChI=1S/C13H17IO3/c1-2-10-3-4-13(12(14)7-10)17-9-11-8-15-5-6-16-11/h3-4,7,11H,2,5-6,8-9H2,1H3. The summed E-state index contributed by atoms with van der Waals surface area (Å²) in [6.45, 7) is 4.70. The van der Waals surface area contributed by atoms with Gasteiger partial charge in [-0.05, 0) is 46.7 Å². The Hall–Kier alpha value is -0.330. The van der Waals surface area contributed by atoms with E-state index in [2.05, 4.69) is 41.6 Å². The highest BCUT2D eigenvalue weighted by Gasteiger charge is 2.15. The summed E-state index contributed by atoms with van der Waals surface area (Å²) in [4.78, 5) is 0. The predicted molar refractivity (Wildman–Crippen MR) is 74.6 cm³/mol. The summed E-state index contributed by atoms with van der Waals surface area (Å²) in [6, 6.07) is 6.30. The van der Waals surface area contributed by atoms with Crippen LogP contribution < -0.4 is 4.74 Å².